The average molecular weight is 470 g/mol. The summed E-state index contributed by atoms with van der Waals surface area (Å²) in [6, 6.07) is 1.74. The van der Waals surface area contributed by atoms with Crippen LogP contribution in [0.3, 0.4) is 0 Å². The van der Waals surface area contributed by atoms with E-state index in [4.69, 9.17) is 11.6 Å². The third-order valence-corrected chi connectivity index (χ3v) is 5.33. The summed E-state index contributed by atoms with van der Waals surface area (Å²) in [5.41, 5.74) is -1.21. The van der Waals surface area contributed by atoms with E-state index in [0.29, 0.717) is 29.9 Å². The fourth-order valence-corrected chi connectivity index (χ4v) is 3.67. The number of nitrogens with one attached hydrogen (secondary N) is 1. The molecule has 1 aliphatic heterocycles. The fraction of sp³-hybridized carbons (Fsp3) is 0.200. The first kappa shape index (κ1) is 21.9. The van der Waals surface area contributed by atoms with E-state index in [1.165, 1.54) is 6.20 Å². The first-order valence-electron chi connectivity index (χ1n) is 9.20. The van der Waals surface area contributed by atoms with Crippen molar-refractivity contribution in [2.75, 3.05) is 11.4 Å². The van der Waals surface area contributed by atoms with Crippen molar-refractivity contribution in [3.8, 4) is 0 Å². The predicted molar refractivity (Wildman–Crippen MR) is 107 cm³/mol. The topological polar surface area (TPSA) is 74.8 Å². The molecule has 0 amide bonds. The highest BCUT2D eigenvalue weighted by Gasteiger charge is 2.35. The number of aromatic amines is 1. The van der Waals surface area contributed by atoms with Gasteiger partial charge in [-0.05, 0) is 24.6 Å². The zero-order chi connectivity index (χ0) is 23.0. The van der Waals surface area contributed by atoms with Crippen LogP contribution < -0.4 is 10.5 Å². The first-order chi connectivity index (χ1) is 15.1. The van der Waals surface area contributed by atoms with E-state index in [-0.39, 0.29) is 23.3 Å². The van der Waals surface area contributed by atoms with Gasteiger partial charge in [0.15, 0.2) is 0 Å². The van der Waals surface area contributed by atoms with Crippen molar-refractivity contribution in [1.82, 2.24) is 20.2 Å². The van der Waals surface area contributed by atoms with Crippen molar-refractivity contribution >= 4 is 29.2 Å². The molecule has 4 rings (SSSR count). The predicted octanol–water partition coefficient (Wildman–Crippen LogP) is 4.40. The summed E-state index contributed by atoms with van der Waals surface area (Å²) in [7, 11) is 0. The lowest BCUT2D eigenvalue weighted by atomic mass is 10.00. The molecule has 0 radical (unpaired) electrons. The van der Waals surface area contributed by atoms with Gasteiger partial charge >= 0.3 is 6.18 Å². The van der Waals surface area contributed by atoms with Gasteiger partial charge in [0.1, 0.15) is 23.0 Å². The normalized spacial score (nSPS) is 14.4. The molecule has 0 fully saturated rings. The summed E-state index contributed by atoms with van der Waals surface area (Å²) in [6.45, 7) is 0.563. The number of hydrogen-bond donors (Lipinski definition) is 1. The van der Waals surface area contributed by atoms with Crippen molar-refractivity contribution in [2.24, 2.45) is 0 Å². The molecule has 0 saturated heterocycles. The number of fused-ring (bicyclic) bond motifs is 1. The highest BCUT2D eigenvalue weighted by atomic mass is 35.5. The Morgan fingerprint density at radius 2 is 2.03 bits per heavy atom. The van der Waals surface area contributed by atoms with Crippen molar-refractivity contribution in [3.63, 3.8) is 0 Å². The number of nitrogens with zero attached hydrogens (tertiary/aromatic N) is 4. The van der Waals surface area contributed by atoms with Gasteiger partial charge in [-0.3, -0.25) is 4.79 Å². The van der Waals surface area contributed by atoms with Crippen LogP contribution in [-0.4, -0.2) is 26.7 Å². The molecule has 1 aliphatic rings. The molecular weight excluding hydrogens is 457 g/mol. The van der Waals surface area contributed by atoms with Gasteiger partial charge in [-0.15, -0.1) is 0 Å². The highest BCUT2D eigenvalue weighted by Crippen LogP contribution is 2.37. The van der Waals surface area contributed by atoms with Crippen LogP contribution in [0, 0.1) is 5.82 Å². The van der Waals surface area contributed by atoms with Gasteiger partial charge < -0.3 is 4.90 Å². The molecule has 2 aromatic heterocycles. The first-order valence-corrected chi connectivity index (χ1v) is 9.58. The molecule has 0 saturated carbocycles. The van der Waals surface area contributed by atoms with E-state index in [1.54, 1.807) is 4.90 Å². The molecule has 0 spiro atoms. The Hall–Kier alpha value is -3.34. The minimum Gasteiger partial charge on any atom is -0.363 e. The van der Waals surface area contributed by atoms with E-state index in [9.17, 15) is 26.7 Å². The number of H-pyrrole nitrogens is 1. The molecule has 0 bridgehead atoms. The summed E-state index contributed by atoms with van der Waals surface area (Å²) in [5, 5.41) is 5.91. The van der Waals surface area contributed by atoms with Crippen molar-refractivity contribution < 1.29 is 22.0 Å². The molecule has 3 aromatic rings. The second kappa shape index (κ2) is 8.30. The van der Waals surface area contributed by atoms with Gasteiger partial charge in [0, 0.05) is 23.7 Å². The molecule has 32 heavy (non-hydrogen) atoms. The number of benzene rings is 1. The third-order valence-electron chi connectivity index (χ3n) is 4.97. The number of aromatic nitrogens is 4. The lowest BCUT2D eigenvalue weighted by Gasteiger charge is -2.30. The minimum absolute atomic E-state index is 0.0420. The van der Waals surface area contributed by atoms with Crippen LogP contribution >= 0.6 is 11.6 Å². The van der Waals surface area contributed by atoms with Crippen LogP contribution in [0.2, 0.25) is 5.02 Å². The number of hydrogen-bond acceptors (Lipinski definition) is 5. The lowest BCUT2D eigenvalue weighted by molar-refractivity contribution is -0.138. The van der Waals surface area contributed by atoms with Crippen molar-refractivity contribution in [2.45, 2.75) is 19.1 Å². The number of anilines is 1. The number of halogens is 6. The van der Waals surface area contributed by atoms with E-state index in [2.05, 4.69) is 20.2 Å². The third kappa shape index (κ3) is 4.20. The standard InChI is InChI=1S/C20H13ClF5N5O/c21-18-17(7-29-30-19(18)32)31-4-3-12-15(27-9-28-16(12)8-31)6-14(23)11-2-1-10(22)5-13(11)20(24,25)26/h1-2,5-7,9H,3-4,8H2,(H,30,32)/b14-6+. The van der Waals surface area contributed by atoms with Crippen LogP contribution in [0.4, 0.5) is 27.6 Å². The number of rotatable bonds is 3. The molecule has 0 atom stereocenters. The molecular formula is C20H13ClF5N5O. The Balaban J connectivity index is 1.70. The summed E-state index contributed by atoms with van der Waals surface area (Å²) < 4.78 is 67.9. The Morgan fingerprint density at radius 1 is 1.25 bits per heavy atom. The van der Waals surface area contributed by atoms with E-state index in [1.807, 2.05) is 0 Å². The van der Waals surface area contributed by atoms with Crippen LogP contribution in [0.15, 0.2) is 35.5 Å². The van der Waals surface area contributed by atoms with E-state index in [0.717, 1.165) is 24.5 Å². The van der Waals surface area contributed by atoms with Crippen LogP contribution in [-0.2, 0) is 19.1 Å². The summed E-state index contributed by atoms with van der Waals surface area (Å²) in [4.78, 5) is 21.6. The molecule has 166 valence electrons. The maximum absolute atomic E-state index is 14.9. The van der Waals surface area contributed by atoms with Crippen LogP contribution in [0.5, 0.6) is 0 Å². The number of alkyl halides is 3. The largest absolute Gasteiger partial charge is 0.417 e. The highest BCUT2D eigenvalue weighted by molar-refractivity contribution is 6.33. The van der Waals surface area contributed by atoms with Crippen LogP contribution in [0.1, 0.15) is 28.1 Å². The Labute approximate surface area is 182 Å². The Bertz CT molecular complexity index is 1270. The smallest absolute Gasteiger partial charge is 0.363 e. The monoisotopic (exact) mass is 469 g/mol. The SMILES string of the molecule is O=c1[nH]ncc(N2CCc3c(/C=C(/F)c4ccc(F)cc4C(F)(F)F)ncnc3C2)c1Cl. The van der Waals surface area contributed by atoms with Gasteiger partial charge in [-0.25, -0.2) is 23.8 Å². The zero-order valence-electron chi connectivity index (χ0n) is 16.1. The lowest BCUT2D eigenvalue weighted by Crippen LogP contribution is -2.33. The Kier molecular flexibility index (Phi) is 5.68. The summed E-state index contributed by atoms with van der Waals surface area (Å²) >= 11 is 6.05. The Morgan fingerprint density at radius 3 is 2.78 bits per heavy atom. The fourth-order valence-electron chi connectivity index (χ4n) is 3.46. The molecule has 1 aromatic carbocycles. The second-order valence-corrected chi connectivity index (χ2v) is 7.31. The molecule has 6 nitrogen and oxygen atoms in total. The average Bonchev–Trinajstić information content (AvgIpc) is 2.75. The van der Waals surface area contributed by atoms with Gasteiger partial charge in [-0.1, -0.05) is 11.6 Å². The second-order valence-electron chi connectivity index (χ2n) is 6.93. The van der Waals surface area contributed by atoms with E-state index >= 15 is 0 Å². The van der Waals surface area contributed by atoms with Crippen molar-refractivity contribution in [1.29, 1.82) is 0 Å². The molecule has 0 unspecified atom stereocenters. The van der Waals surface area contributed by atoms with Crippen LogP contribution in [0.25, 0.3) is 11.9 Å². The molecule has 3 heterocycles. The van der Waals surface area contributed by atoms with Gasteiger partial charge in [0.25, 0.3) is 5.56 Å². The summed E-state index contributed by atoms with van der Waals surface area (Å²) in [5.74, 6) is -2.33. The maximum Gasteiger partial charge on any atom is 0.417 e. The van der Waals surface area contributed by atoms with Gasteiger partial charge in [0.2, 0.25) is 0 Å². The van der Waals surface area contributed by atoms with E-state index < -0.39 is 34.5 Å². The van der Waals surface area contributed by atoms with Gasteiger partial charge in [-0.2, -0.15) is 18.3 Å². The maximum atomic E-state index is 14.9. The molecule has 1 N–H and O–H groups in total. The minimum atomic E-state index is -4.94. The van der Waals surface area contributed by atoms with Crippen molar-refractivity contribution in [3.05, 3.63) is 80.0 Å². The van der Waals surface area contributed by atoms with Gasteiger partial charge in [0.05, 0.1) is 35.4 Å². The quantitative estimate of drug-likeness (QED) is 0.575. The summed E-state index contributed by atoms with van der Waals surface area (Å²) in [6.07, 6.45) is -1.19. The zero-order valence-corrected chi connectivity index (χ0v) is 16.8. The molecule has 0 aliphatic carbocycles. The molecule has 12 heteroatoms.